The first kappa shape index (κ1) is 23.9. The third-order valence-corrected chi connectivity index (χ3v) is 4.21. The quantitative estimate of drug-likeness (QED) is 0.704. The summed E-state index contributed by atoms with van der Waals surface area (Å²) in [6, 6.07) is 7.46. The van der Waals surface area contributed by atoms with E-state index in [1.807, 2.05) is 30.5 Å². The molecule has 0 saturated heterocycles. The van der Waals surface area contributed by atoms with E-state index in [2.05, 4.69) is 44.6 Å². The molecule has 3 N–H and O–H groups in total. The van der Waals surface area contributed by atoms with E-state index in [0.29, 0.717) is 12.5 Å². The zero-order valence-corrected chi connectivity index (χ0v) is 17.7. The average molecular weight is 452 g/mol. The first-order chi connectivity index (χ1) is 10.8. The van der Waals surface area contributed by atoms with Gasteiger partial charge in [0.05, 0.1) is 6.54 Å². The Kier molecular flexibility index (Phi) is 9.72. The molecule has 140 valence electrons. The summed E-state index contributed by atoms with van der Waals surface area (Å²) in [6.45, 7) is 7.24. The molecule has 0 bridgehead atoms. The standard InChI is InChI=1S/C17H23BrN4O.2ClH/c1-12(2)11-22-9-8-20-15(22)10-21-16(23)17(3,19)13-4-6-14(18)7-5-13;;/h4-9,12H,10-11,19H2,1-3H3,(H,21,23);2*1H. The summed E-state index contributed by atoms with van der Waals surface area (Å²) in [5.41, 5.74) is 5.92. The molecule has 1 heterocycles. The first-order valence-electron chi connectivity index (χ1n) is 7.64. The lowest BCUT2D eigenvalue weighted by Gasteiger charge is -2.24. The second-order valence-corrected chi connectivity index (χ2v) is 7.20. The van der Waals surface area contributed by atoms with Crippen LogP contribution in [-0.2, 0) is 23.4 Å². The van der Waals surface area contributed by atoms with Crippen molar-refractivity contribution in [3.8, 4) is 0 Å². The number of amides is 1. The van der Waals surface area contributed by atoms with E-state index < -0.39 is 5.54 Å². The van der Waals surface area contributed by atoms with E-state index in [4.69, 9.17) is 5.73 Å². The molecule has 8 heteroatoms. The second kappa shape index (κ2) is 10.2. The van der Waals surface area contributed by atoms with Crippen molar-refractivity contribution in [2.75, 3.05) is 0 Å². The molecule has 2 rings (SSSR count). The molecule has 0 radical (unpaired) electrons. The van der Waals surface area contributed by atoms with Crippen LogP contribution < -0.4 is 11.1 Å². The van der Waals surface area contributed by atoms with Crippen LogP contribution >= 0.6 is 40.7 Å². The van der Waals surface area contributed by atoms with Crippen LogP contribution in [0.2, 0.25) is 0 Å². The summed E-state index contributed by atoms with van der Waals surface area (Å²) in [5.74, 6) is 1.12. The summed E-state index contributed by atoms with van der Waals surface area (Å²) < 4.78 is 3.01. The normalized spacial score (nSPS) is 12.7. The lowest BCUT2D eigenvalue weighted by molar-refractivity contribution is -0.126. The van der Waals surface area contributed by atoms with E-state index in [9.17, 15) is 4.79 Å². The Morgan fingerprint density at radius 2 is 1.92 bits per heavy atom. The van der Waals surface area contributed by atoms with E-state index in [1.54, 1.807) is 13.1 Å². The number of imidazole rings is 1. The van der Waals surface area contributed by atoms with Gasteiger partial charge in [-0.3, -0.25) is 4.79 Å². The van der Waals surface area contributed by atoms with E-state index in [0.717, 1.165) is 22.4 Å². The van der Waals surface area contributed by atoms with Crippen LogP contribution in [0.25, 0.3) is 0 Å². The number of nitrogens with one attached hydrogen (secondary N) is 1. The molecule has 0 saturated carbocycles. The highest BCUT2D eigenvalue weighted by atomic mass is 79.9. The number of carbonyl (C=O) groups is 1. The highest BCUT2D eigenvalue weighted by Crippen LogP contribution is 2.20. The maximum absolute atomic E-state index is 12.5. The molecule has 0 aliphatic heterocycles. The molecule has 1 atom stereocenters. The zero-order valence-electron chi connectivity index (χ0n) is 14.5. The molecule has 1 unspecified atom stereocenters. The van der Waals surface area contributed by atoms with Crippen molar-refractivity contribution in [3.63, 3.8) is 0 Å². The highest BCUT2D eigenvalue weighted by Gasteiger charge is 2.30. The fourth-order valence-corrected chi connectivity index (χ4v) is 2.60. The van der Waals surface area contributed by atoms with Crippen LogP contribution in [0.5, 0.6) is 0 Å². The maximum atomic E-state index is 12.5. The van der Waals surface area contributed by atoms with Gasteiger partial charge in [0.15, 0.2) is 0 Å². The van der Waals surface area contributed by atoms with Crippen molar-refractivity contribution in [3.05, 3.63) is 52.5 Å². The van der Waals surface area contributed by atoms with Crippen molar-refractivity contribution in [1.82, 2.24) is 14.9 Å². The van der Waals surface area contributed by atoms with Gasteiger partial charge in [0.25, 0.3) is 0 Å². The predicted octanol–water partition coefficient (Wildman–Crippen LogP) is 3.64. The van der Waals surface area contributed by atoms with Gasteiger partial charge in [-0.25, -0.2) is 4.98 Å². The van der Waals surface area contributed by atoms with Gasteiger partial charge in [0, 0.05) is 23.4 Å². The molecular weight excluding hydrogens is 427 g/mol. The molecule has 1 aromatic carbocycles. The molecule has 0 fully saturated rings. The van der Waals surface area contributed by atoms with Crippen molar-refractivity contribution < 1.29 is 4.79 Å². The number of carbonyl (C=O) groups excluding carboxylic acids is 1. The fraction of sp³-hybridized carbons (Fsp3) is 0.412. The number of nitrogens with zero attached hydrogens (tertiary/aromatic N) is 2. The highest BCUT2D eigenvalue weighted by molar-refractivity contribution is 9.10. The van der Waals surface area contributed by atoms with Crippen LogP contribution in [0.15, 0.2) is 41.1 Å². The van der Waals surface area contributed by atoms with Gasteiger partial charge in [0.1, 0.15) is 11.4 Å². The molecule has 25 heavy (non-hydrogen) atoms. The molecule has 0 aliphatic carbocycles. The summed E-state index contributed by atoms with van der Waals surface area (Å²) in [6.07, 6.45) is 3.68. The largest absolute Gasteiger partial charge is 0.347 e. The van der Waals surface area contributed by atoms with E-state index in [1.165, 1.54) is 0 Å². The lowest BCUT2D eigenvalue weighted by atomic mass is 9.92. The molecule has 1 aromatic heterocycles. The number of halogens is 3. The Morgan fingerprint density at radius 3 is 2.48 bits per heavy atom. The Hall–Kier alpha value is -1.08. The zero-order chi connectivity index (χ0) is 17.0. The smallest absolute Gasteiger partial charge is 0.244 e. The van der Waals surface area contributed by atoms with Crippen LogP contribution in [0.3, 0.4) is 0 Å². The molecule has 1 amide bonds. The second-order valence-electron chi connectivity index (χ2n) is 6.28. The van der Waals surface area contributed by atoms with Gasteiger partial charge < -0.3 is 15.6 Å². The monoisotopic (exact) mass is 450 g/mol. The van der Waals surface area contributed by atoms with Gasteiger partial charge in [-0.1, -0.05) is 41.9 Å². The molecular formula is C17H25BrCl2N4O. The van der Waals surface area contributed by atoms with E-state index >= 15 is 0 Å². The summed E-state index contributed by atoms with van der Waals surface area (Å²) >= 11 is 3.38. The van der Waals surface area contributed by atoms with Crippen molar-refractivity contribution in [1.29, 1.82) is 0 Å². The number of rotatable bonds is 6. The van der Waals surface area contributed by atoms with E-state index in [-0.39, 0.29) is 30.7 Å². The number of aromatic nitrogens is 2. The van der Waals surface area contributed by atoms with Crippen molar-refractivity contribution in [2.24, 2.45) is 11.7 Å². The molecule has 2 aromatic rings. The molecule has 0 spiro atoms. The maximum Gasteiger partial charge on any atom is 0.244 e. The number of nitrogens with two attached hydrogens (primary N) is 1. The minimum absolute atomic E-state index is 0. The number of hydrogen-bond acceptors (Lipinski definition) is 3. The van der Waals surface area contributed by atoms with Gasteiger partial charge in [-0.15, -0.1) is 24.8 Å². The Morgan fingerprint density at radius 1 is 1.32 bits per heavy atom. The summed E-state index contributed by atoms with van der Waals surface area (Å²) in [5, 5.41) is 2.89. The topological polar surface area (TPSA) is 72.9 Å². The summed E-state index contributed by atoms with van der Waals surface area (Å²) in [4.78, 5) is 16.8. The van der Waals surface area contributed by atoms with Crippen LogP contribution in [-0.4, -0.2) is 15.5 Å². The first-order valence-corrected chi connectivity index (χ1v) is 8.43. The van der Waals surface area contributed by atoms with Gasteiger partial charge in [0.2, 0.25) is 5.91 Å². The summed E-state index contributed by atoms with van der Waals surface area (Å²) in [7, 11) is 0. The van der Waals surface area contributed by atoms with Crippen LogP contribution in [0.4, 0.5) is 0 Å². The third kappa shape index (κ3) is 6.29. The number of benzene rings is 1. The fourth-order valence-electron chi connectivity index (χ4n) is 2.34. The third-order valence-electron chi connectivity index (χ3n) is 3.69. The van der Waals surface area contributed by atoms with Crippen LogP contribution in [0.1, 0.15) is 32.2 Å². The molecule has 0 aliphatic rings. The predicted molar refractivity (Wildman–Crippen MR) is 109 cm³/mol. The minimum atomic E-state index is -1.09. The minimum Gasteiger partial charge on any atom is -0.347 e. The Bertz CT molecular complexity index is 672. The Balaban J connectivity index is 0.00000288. The van der Waals surface area contributed by atoms with Crippen molar-refractivity contribution >= 4 is 46.7 Å². The molecule has 5 nitrogen and oxygen atoms in total. The SMILES string of the molecule is CC(C)Cn1ccnc1CNC(=O)C(C)(N)c1ccc(Br)cc1.Cl.Cl. The average Bonchev–Trinajstić information content (AvgIpc) is 2.91. The van der Waals surface area contributed by atoms with Gasteiger partial charge >= 0.3 is 0 Å². The van der Waals surface area contributed by atoms with Gasteiger partial charge in [-0.2, -0.15) is 0 Å². The van der Waals surface area contributed by atoms with Gasteiger partial charge in [-0.05, 0) is 30.5 Å². The lowest BCUT2D eigenvalue weighted by Crippen LogP contribution is -2.48. The number of hydrogen-bond donors (Lipinski definition) is 2. The van der Waals surface area contributed by atoms with Crippen molar-refractivity contribution in [2.45, 2.75) is 39.4 Å². The Labute approximate surface area is 169 Å². The van der Waals surface area contributed by atoms with Crippen LogP contribution in [0, 0.1) is 5.92 Å².